The molecule has 0 bridgehead atoms. The van der Waals surface area contributed by atoms with Crippen molar-refractivity contribution in [2.24, 2.45) is 0 Å². The molecule has 1 aromatic rings. The third-order valence-electron chi connectivity index (χ3n) is 2.73. The van der Waals surface area contributed by atoms with Crippen molar-refractivity contribution in [3.8, 4) is 0 Å². The second-order valence-electron chi connectivity index (χ2n) is 4.36. The minimum atomic E-state index is -4.72. The standard InChI is InChI=1S/C11H14BF3N/c13-12(14,15)9-16(11-6-7-11)8-10-4-2-1-3-5-10/h1-5,11H,6-9H2/q-1. The summed E-state index contributed by atoms with van der Waals surface area (Å²) in [6.07, 6.45) is 1.07. The Kier molecular flexibility index (Phi) is 3.24. The van der Waals surface area contributed by atoms with Gasteiger partial charge in [0.1, 0.15) is 0 Å². The van der Waals surface area contributed by atoms with Gasteiger partial charge in [-0.05, 0) is 24.8 Å². The molecule has 0 saturated heterocycles. The smallest absolute Gasteiger partial charge is 0.448 e. The molecular weight excluding hydrogens is 214 g/mol. The fourth-order valence-electron chi connectivity index (χ4n) is 1.87. The van der Waals surface area contributed by atoms with E-state index in [0.29, 0.717) is 6.54 Å². The van der Waals surface area contributed by atoms with Crippen LogP contribution in [0.2, 0.25) is 0 Å². The third-order valence-corrected chi connectivity index (χ3v) is 2.73. The quantitative estimate of drug-likeness (QED) is 0.700. The second-order valence-corrected chi connectivity index (χ2v) is 4.36. The summed E-state index contributed by atoms with van der Waals surface area (Å²) >= 11 is 0. The van der Waals surface area contributed by atoms with Crippen LogP contribution in [0.4, 0.5) is 12.9 Å². The maximum absolute atomic E-state index is 12.4. The lowest BCUT2D eigenvalue weighted by atomic mass is 9.91. The van der Waals surface area contributed by atoms with E-state index in [2.05, 4.69) is 0 Å². The van der Waals surface area contributed by atoms with Gasteiger partial charge in [-0.3, -0.25) is 0 Å². The average molecular weight is 228 g/mol. The molecule has 1 aromatic carbocycles. The normalized spacial score (nSPS) is 16.8. The molecule has 88 valence electrons. The monoisotopic (exact) mass is 228 g/mol. The number of halogens is 3. The highest BCUT2D eigenvalue weighted by atomic mass is 19.4. The summed E-state index contributed by atoms with van der Waals surface area (Å²) in [5.41, 5.74) is 0.953. The van der Waals surface area contributed by atoms with Gasteiger partial charge >= 0.3 is 6.98 Å². The van der Waals surface area contributed by atoms with Crippen LogP contribution >= 0.6 is 0 Å². The van der Waals surface area contributed by atoms with Crippen LogP contribution in [-0.2, 0) is 6.54 Å². The van der Waals surface area contributed by atoms with E-state index in [1.165, 1.54) is 0 Å². The highest BCUT2D eigenvalue weighted by molar-refractivity contribution is 6.58. The van der Waals surface area contributed by atoms with Gasteiger partial charge in [-0.15, -0.1) is 0 Å². The van der Waals surface area contributed by atoms with Crippen molar-refractivity contribution >= 4 is 6.98 Å². The minimum Gasteiger partial charge on any atom is -0.448 e. The second kappa shape index (κ2) is 4.49. The Labute approximate surface area is 93.3 Å². The predicted molar refractivity (Wildman–Crippen MR) is 59.0 cm³/mol. The van der Waals surface area contributed by atoms with Gasteiger partial charge in [0, 0.05) is 12.6 Å². The fraction of sp³-hybridized carbons (Fsp3) is 0.455. The van der Waals surface area contributed by atoms with Crippen LogP contribution in [0, 0.1) is 0 Å². The lowest BCUT2D eigenvalue weighted by molar-refractivity contribution is 0.261. The molecule has 0 radical (unpaired) electrons. The highest BCUT2D eigenvalue weighted by Crippen LogP contribution is 2.30. The predicted octanol–water partition coefficient (Wildman–Crippen LogP) is 3.04. The van der Waals surface area contributed by atoms with E-state index in [9.17, 15) is 12.9 Å². The van der Waals surface area contributed by atoms with Crippen molar-refractivity contribution < 1.29 is 12.9 Å². The van der Waals surface area contributed by atoms with Crippen LogP contribution in [0.3, 0.4) is 0 Å². The first-order valence-corrected chi connectivity index (χ1v) is 5.53. The van der Waals surface area contributed by atoms with E-state index in [1.54, 1.807) is 4.90 Å². The molecule has 1 nitrogen and oxygen atoms in total. The first kappa shape index (κ1) is 11.5. The maximum atomic E-state index is 12.4. The van der Waals surface area contributed by atoms with Crippen molar-refractivity contribution in [1.82, 2.24) is 4.90 Å². The van der Waals surface area contributed by atoms with Crippen LogP contribution in [0.5, 0.6) is 0 Å². The summed E-state index contributed by atoms with van der Waals surface area (Å²) in [5.74, 6) is 0. The van der Waals surface area contributed by atoms with Crippen molar-refractivity contribution in [2.45, 2.75) is 25.4 Å². The van der Waals surface area contributed by atoms with E-state index in [-0.39, 0.29) is 6.04 Å². The van der Waals surface area contributed by atoms with Crippen LogP contribution < -0.4 is 0 Å². The van der Waals surface area contributed by atoms with E-state index in [0.717, 1.165) is 18.4 Å². The molecule has 1 aliphatic rings. The van der Waals surface area contributed by atoms with Gasteiger partial charge < -0.3 is 17.8 Å². The summed E-state index contributed by atoms with van der Waals surface area (Å²) in [4.78, 5) is 1.55. The molecule has 0 heterocycles. The van der Waals surface area contributed by atoms with Crippen molar-refractivity contribution in [3.05, 3.63) is 35.9 Å². The Morgan fingerprint density at radius 2 is 1.75 bits per heavy atom. The third kappa shape index (κ3) is 3.56. The summed E-state index contributed by atoms with van der Waals surface area (Å²) in [7, 11) is 0. The van der Waals surface area contributed by atoms with E-state index >= 15 is 0 Å². The van der Waals surface area contributed by atoms with Gasteiger partial charge in [0.05, 0.1) is 0 Å². The van der Waals surface area contributed by atoms with Gasteiger partial charge in [0.25, 0.3) is 0 Å². The molecule has 0 amide bonds. The summed E-state index contributed by atoms with van der Waals surface area (Å²) in [5, 5.41) is 0. The van der Waals surface area contributed by atoms with Gasteiger partial charge in [-0.25, -0.2) is 0 Å². The topological polar surface area (TPSA) is 3.24 Å². The molecule has 5 heteroatoms. The highest BCUT2D eigenvalue weighted by Gasteiger charge is 2.34. The summed E-state index contributed by atoms with van der Waals surface area (Å²) in [6.45, 7) is -4.31. The lowest BCUT2D eigenvalue weighted by Gasteiger charge is -2.27. The Morgan fingerprint density at radius 1 is 1.12 bits per heavy atom. The van der Waals surface area contributed by atoms with Gasteiger partial charge in [-0.2, -0.15) is 0 Å². The first-order chi connectivity index (χ1) is 7.54. The molecule has 0 unspecified atom stereocenters. The Bertz CT molecular complexity index is 335. The molecule has 0 spiro atoms. The number of rotatable bonds is 5. The summed E-state index contributed by atoms with van der Waals surface area (Å²) < 4.78 is 37.3. The van der Waals surface area contributed by atoms with Crippen LogP contribution in [-0.4, -0.2) is 24.4 Å². The zero-order valence-electron chi connectivity index (χ0n) is 8.95. The SMILES string of the molecule is F[B-](F)(F)CN(Cc1ccccc1)C1CC1. The van der Waals surface area contributed by atoms with E-state index in [1.807, 2.05) is 30.3 Å². The molecule has 1 saturated carbocycles. The molecule has 1 fully saturated rings. The molecule has 2 rings (SSSR count). The largest absolute Gasteiger partial charge is 0.492 e. The summed E-state index contributed by atoms with van der Waals surface area (Å²) in [6, 6.07) is 9.48. The maximum Gasteiger partial charge on any atom is 0.492 e. The zero-order chi connectivity index (χ0) is 11.6. The van der Waals surface area contributed by atoms with Crippen LogP contribution in [0.15, 0.2) is 30.3 Å². The van der Waals surface area contributed by atoms with Crippen LogP contribution in [0.1, 0.15) is 18.4 Å². The molecular formula is C11H14BF3N-. The Morgan fingerprint density at radius 3 is 2.25 bits per heavy atom. The van der Waals surface area contributed by atoms with Gasteiger partial charge in [0.2, 0.25) is 0 Å². The molecule has 1 aliphatic carbocycles. The van der Waals surface area contributed by atoms with Crippen molar-refractivity contribution in [3.63, 3.8) is 0 Å². The van der Waals surface area contributed by atoms with Crippen LogP contribution in [0.25, 0.3) is 0 Å². The Balaban J connectivity index is 1.98. The number of hydrogen-bond acceptors (Lipinski definition) is 1. The molecule has 0 atom stereocenters. The molecule has 0 aromatic heterocycles. The number of hydrogen-bond donors (Lipinski definition) is 0. The molecule has 16 heavy (non-hydrogen) atoms. The zero-order valence-corrected chi connectivity index (χ0v) is 8.95. The molecule has 0 aliphatic heterocycles. The van der Waals surface area contributed by atoms with Gasteiger partial charge in [-0.1, -0.05) is 30.3 Å². The number of benzene rings is 1. The van der Waals surface area contributed by atoms with Gasteiger partial charge in [0.15, 0.2) is 0 Å². The number of nitrogens with zero attached hydrogens (tertiary/aromatic N) is 1. The van der Waals surface area contributed by atoms with Crippen molar-refractivity contribution in [2.75, 3.05) is 6.44 Å². The average Bonchev–Trinajstić information content (AvgIpc) is 2.99. The first-order valence-electron chi connectivity index (χ1n) is 5.53. The van der Waals surface area contributed by atoms with E-state index < -0.39 is 13.4 Å². The van der Waals surface area contributed by atoms with Crippen molar-refractivity contribution in [1.29, 1.82) is 0 Å². The van der Waals surface area contributed by atoms with E-state index in [4.69, 9.17) is 0 Å². The Hall–Kier alpha value is -0.965. The lowest BCUT2D eigenvalue weighted by Crippen LogP contribution is -2.38. The molecule has 0 N–H and O–H groups in total. The fourth-order valence-corrected chi connectivity index (χ4v) is 1.87. The minimum absolute atomic E-state index is 0.142.